The van der Waals surface area contributed by atoms with E-state index in [9.17, 15) is 9.90 Å². The number of carbonyl (C=O) groups is 1. The quantitative estimate of drug-likeness (QED) is 0.505. The van der Waals surface area contributed by atoms with E-state index >= 15 is 0 Å². The van der Waals surface area contributed by atoms with Crippen LogP contribution in [0.5, 0.6) is 5.75 Å². The van der Waals surface area contributed by atoms with Crippen LogP contribution in [0.15, 0.2) is 48.5 Å². The van der Waals surface area contributed by atoms with Gasteiger partial charge < -0.3 is 19.3 Å². The van der Waals surface area contributed by atoms with Gasteiger partial charge in [-0.1, -0.05) is 49.7 Å². The lowest BCUT2D eigenvalue weighted by molar-refractivity contribution is -0.162. The predicted molar refractivity (Wildman–Crippen MR) is 104 cm³/mol. The summed E-state index contributed by atoms with van der Waals surface area (Å²) in [6.07, 6.45) is -0.393. The number of ether oxygens (including phenoxy) is 3. The van der Waals surface area contributed by atoms with E-state index in [0.29, 0.717) is 24.5 Å². The number of aliphatic hydroxyl groups excluding tert-OH is 1. The highest BCUT2D eigenvalue weighted by Gasteiger charge is 2.30. The smallest absolute Gasteiger partial charge is 0.338 e. The van der Waals surface area contributed by atoms with E-state index in [1.807, 2.05) is 50.2 Å². The molecule has 0 heterocycles. The second-order valence-corrected chi connectivity index (χ2v) is 6.41. The van der Waals surface area contributed by atoms with E-state index in [-0.39, 0.29) is 0 Å². The van der Waals surface area contributed by atoms with Crippen LogP contribution in [0.1, 0.15) is 42.6 Å². The van der Waals surface area contributed by atoms with Gasteiger partial charge in [0.25, 0.3) is 0 Å². The highest BCUT2D eigenvalue weighted by atomic mass is 16.6. The van der Waals surface area contributed by atoms with Crippen LogP contribution in [-0.2, 0) is 20.9 Å². The SMILES string of the molecule is CCCCOC(C(=O)OC)C(O)c1ccc(OCc2ccccc2)cc1C. The summed E-state index contributed by atoms with van der Waals surface area (Å²) in [5, 5.41) is 10.7. The van der Waals surface area contributed by atoms with Crippen molar-refractivity contribution in [2.75, 3.05) is 13.7 Å². The van der Waals surface area contributed by atoms with Gasteiger partial charge in [0.05, 0.1) is 7.11 Å². The number of carbonyl (C=O) groups excluding carboxylic acids is 1. The molecule has 5 heteroatoms. The van der Waals surface area contributed by atoms with Gasteiger partial charge in [0.2, 0.25) is 0 Å². The maximum atomic E-state index is 12.0. The van der Waals surface area contributed by atoms with Crippen molar-refractivity contribution in [3.63, 3.8) is 0 Å². The minimum atomic E-state index is -1.10. The lowest BCUT2D eigenvalue weighted by atomic mass is 9.99. The lowest BCUT2D eigenvalue weighted by Gasteiger charge is -2.23. The third-order valence-corrected chi connectivity index (χ3v) is 4.32. The summed E-state index contributed by atoms with van der Waals surface area (Å²) in [6.45, 7) is 4.76. The Morgan fingerprint density at radius 3 is 2.52 bits per heavy atom. The Balaban J connectivity index is 2.08. The maximum Gasteiger partial charge on any atom is 0.338 e. The molecule has 0 bridgehead atoms. The number of unbranched alkanes of at least 4 members (excludes halogenated alkanes) is 1. The third kappa shape index (κ3) is 6.08. The largest absolute Gasteiger partial charge is 0.489 e. The zero-order valence-corrected chi connectivity index (χ0v) is 16.2. The molecule has 146 valence electrons. The summed E-state index contributed by atoms with van der Waals surface area (Å²) in [5.41, 5.74) is 2.52. The Bertz CT molecular complexity index is 714. The normalized spacial score (nSPS) is 13.0. The van der Waals surface area contributed by atoms with Crippen molar-refractivity contribution in [2.45, 2.75) is 45.5 Å². The minimum Gasteiger partial charge on any atom is -0.489 e. The summed E-state index contributed by atoms with van der Waals surface area (Å²) in [5.74, 6) is 0.122. The van der Waals surface area contributed by atoms with Gasteiger partial charge >= 0.3 is 5.97 Å². The Morgan fingerprint density at radius 2 is 1.89 bits per heavy atom. The van der Waals surface area contributed by atoms with Crippen molar-refractivity contribution >= 4 is 5.97 Å². The first-order chi connectivity index (χ1) is 13.1. The van der Waals surface area contributed by atoms with Gasteiger partial charge in [0.1, 0.15) is 18.5 Å². The molecule has 0 aliphatic rings. The first-order valence-corrected chi connectivity index (χ1v) is 9.21. The van der Waals surface area contributed by atoms with Crippen molar-refractivity contribution in [3.8, 4) is 5.75 Å². The maximum absolute atomic E-state index is 12.0. The van der Waals surface area contributed by atoms with Crippen LogP contribution in [0.2, 0.25) is 0 Å². The Hall–Kier alpha value is -2.37. The van der Waals surface area contributed by atoms with E-state index in [4.69, 9.17) is 14.2 Å². The van der Waals surface area contributed by atoms with Gasteiger partial charge in [-0.15, -0.1) is 0 Å². The number of methoxy groups -OCH3 is 1. The van der Waals surface area contributed by atoms with E-state index < -0.39 is 18.2 Å². The molecule has 0 aliphatic carbocycles. The van der Waals surface area contributed by atoms with Crippen LogP contribution in [0.3, 0.4) is 0 Å². The fourth-order valence-corrected chi connectivity index (χ4v) is 2.73. The number of esters is 1. The van der Waals surface area contributed by atoms with Gasteiger partial charge in [0.15, 0.2) is 6.10 Å². The van der Waals surface area contributed by atoms with Crippen molar-refractivity contribution in [3.05, 3.63) is 65.2 Å². The third-order valence-electron chi connectivity index (χ3n) is 4.32. The number of aryl methyl sites for hydroxylation is 1. The van der Waals surface area contributed by atoms with Crippen molar-refractivity contribution < 1.29 is 24.1 Å². The van der Waals surface area contributed by atoms with E-state index in [2.05, 4.69) is 0 Å². The number of rotatable bonds is 10. The van der Waals surface area contributed by atoms with Crippen molar-refractivity contribution in [1.82, 2.24) is 0 Å². The summed E-state index contributed by atoms with van der Waals surface area (Å²) in [6, 6.07) is 15.3. The highest BCUT2D eigenvalue weighted by Crippen LogP contribution is 2.27. The summed E-state index contributed by atoms with van der Waals surface area (Å²) < 4.78 is 16.2. The van der Waals surface area contributed by atoms with Crippen LogP contribution in [0, 0.1) is 6.92 Å². The molecular formula is C22H28O5. The fourth-order valence-electron chi connectivity index (χ4n) is 2.73. The summed E-state index contributed by atoms with van der Waals surface area (Å²) in [4.78, 5) is 12.0. The zero-order chi connectivity index (χ0) is 19.6. The van der Waals surface area contributed by atoms with Crippen molar-refractivity contribution in [2.24, 2.45) is 0 Å². The highest BCUT2D eigenvalue weighted by molar-refractivity contribution is 5.75. The molecule has 0 aliphatic heterocycles. The van der Waals surface area contributed by atoms with Crippen LogP contribution < -0.4 is 4.74 Å². The molecular weight excluding hydrogens is 344 g/mol. The molecule has 2 aromatic rings. The Kier molecular flexibility index (Phi) is 8.30. The molecule has 2 rings (SSSR count). The average Bonchev–Trinajstić information content (AvgIpc) is 2.69. The molecule has 1 N–H and O–H groups in total. The Labute approximate surface area is 160 Å². The van der Waals surface area contributed by atoms with Crippen molar-refractivity contribution in [1.29, 1.82) is 0 Å². The molecule has 0 saturated carbocycles. The summed E-state index contributed by atoms with van der Waals surface area (Å²) >= 11 is 0. The molecule has 0 amide bonds. The number of hydrogen-bond donors (Lipinski definition) is 1. The van der Waals surface area contributed by atoms with E-state index in [1.54, 1.807) is 12.1 Å². The summed E-state index contributed by atoms with van der Waals surface area (Å²) in [7, 11) is 1.29. The monoisotopic (exact) mass is 372 g/mol. The molecule has 0 fully saturated rings. The lowest BCUT2D eigenvalue weighted by Crippen LogP contribution is -2.33. The molecule has 0 radical (unpaired) electrons. The fraction of sp³-hybridized carbons (Fsp3) is 0.409. The number of benzene rings is 2. The molecule has 2 aromatic carbocycles. The van der Waals surface area contributed by atoms with E-state index in [0.717, 1.165) is 24.0 Å². The molecule has 2 atom stereocenters. The second kappa shape index (κ2) is 10.7. The van der Waals surface area contributed by atoms with Crippen LogP contribution in [0.4, 0.5) is 0 Å². The van der Waals surface area contributed by atoms with Crippen LogP contribution in [0.25, 0.3) is 0 Å². The number of hydrogen-bond acceptors (Lipinski definition) is 5. The van der Waals surface area contributed by atoms with Gasteiger partial charge in [-0.05, 0) is 42.2 Å². The van der Waals surface area contributed by atoms with Crippen LogP contribution >= 0.6 is 0 Å². The molecule has 0 spiro atoms. The first-order valence-electron chi connectivity index (χ1n) is 9.21. The topological polar surface area (TPSA) is 65.0 Å². The van der Waals surface area contributed by atoms with Gasteiger partial charge in [-0.2, -0.15) is 0 Å². The molecule has 0 aromatic heterocycles. The zero-order valence-electron chi connectivity index (χ0n) is 16.2. The van der Waals surface area contributed by atoms with Crippen LogP contribution in [-0.4, -0.2) is 30.9 Å². The second-order valence-electron chi connectivity index (χ2n) is 6.41. The first kappa shape index (κ1) is 20.9. The molecule has 5 nitrogen and oxygen atoms in total. The average molecular weight is 372 g/mol. The Morgan fingerprint density at radius 1 is 1.15 bits per heavy atom. The molecule has 2 unspecified atom stereocenters. The molecule has 0 saturated heterocycles. The molecule has 27 heavy (non-hydrogen) atoms. The van der Waals surface area contributed by atoms with E-state index in [1.165, 1.54) is 7.11 Å². The minimum absolute atomic E-state index is 0.393. The standard InChI is InChI=1S/C22H28O5/c1-4-5-13-26-21(22(24)25-3)20(23)19-12-11-18(14-16(19)2)27-15-17-9-7-6-8-10-17/h6-12,14,20-21,23H,4-5,13,15H2,1-3H3. The van der Waals surface area contributed by atoms with Gasteiger partial charge in [-0.3, -0.25) is 0 Å². The van der Waals surface area contributed by atoms with Gasteiger partial charge in [0, 0.05) is 6.61 Å². The predicted octanol–water partition coefficient (Wildman–Crippen LogP) is 3.97. The van der Waals surface area contributed by atoms with Gasteiger partial charge in [-0.25, -0.2) is 4.79 Å². The number of aliphatic hydroxyl groups is 1.